The molecule has 1 aliphatic rings. The van der Waals surface area contributed by atoms with Crippen LogP contribution in [-0.2, 0) is 11.3 Å². The highest BCUT2D eigenvalue weighted by Crippen LogP contribution is 2.12. The third-order valence-corrected chi connectivity index (χ3v) is 4.39. The van der Waals surface area contributed by atoms with E-state index >= 15 is 0 Å². The smallest absolute Gasteiger partial charge is 0.225 e. The van der Waals surface area contributed by atoms with Gasteiger partial charge in [-0.15, -0.1) is 0 Å². The fraction of sp³-hybridized carbons (Fsp3) is 0.474. The zero-order valence-electron chi connectivity index (χ0n) is 15.1. The van der Waals surface area contributed by atoms with Crippen molar-refractivity contribution in [2.45, 2.75) is 20.4 Å². The number of nitrogens with zero attached hydrogens (tertiary/aromatic N) is 3. The molecule has 6 nitrogen and oxygen atoms in total. The van der Waals surface area contributed by atoms with Crippen LogP contribution in [0.3, 0.4) is 0 Å². The van der Waals surface area contributed by atoms with Gasteiger partial charge in [0.15, 0.2) is 0 Å². The number of benzene rings is 1. The lowest BCUT2D eigenvalue weighted by Crippen LogP contribution is -2.39. The summed E-state index contributed by atoms with van der Waals surface area (Å²) >= 11 is 0. The monoisotopic (exact) mass is 341 g/mol. The van der Waals surface area contributed by atoms with E-state index in [0.29, 0.717) is 5.95 Å². The molecular formula is C19H27N5O. The van der Waals surface area contributed by atoms with Gasteiger partial charge < -0.3 is 15.4 Å². The molecule has 0 bridgehead atoms. The van der Waals surface area contributed by atoms with Crippen molar-refractivity contribution in [1.29, 1.82) is 0 Å². The number of aromatic nitrogens is 2. The van der Waals surface area contributed by atoms with Crippen LogP contribution in [0.5, 0.6) is 0 Å². The quantitative estimate of drug-likeness (QED) is 0.807. The first-order valence-electron chi connectivity index (χ1n) is 8.89. The maximum Gasteiger partial charge on any atom is 0.225 e. The van der Waals surface area contributed by atoms with Gasteiger partial charge in [-0.05, 0) is 25.0 Å². The molecule has 6 heteroatoms. The molecule has 0 saturated carbocycles. The predicted octanol–water partition coefficient (Wildman–Crippen LogP) is 2.45. The Morgan fingerprint density at radius 2 is 1.88 bits per heavy atom. The second-order valence-electron chi connectivity index (χ2n) is 6.38. The highest BCUT2D eigenvalue weighted by Gasteiger charge is 2.09. The SMILES string of the molecule is Cc1cc(NCCN2CCOCC2)nc(NCc2ccccc2C)n1. The van der Waals surface area contributed by atoms with E-state index in [4.69, 9.17) is 4.74 Å². The number of morpholine rings is 1. The largest absolute Gasteiger partial charge is 0.379 e. The van der Waals surface area contributed by atoms with Crippen molar-refractivity contribution < 1.29 is 4.74 Å². The first kappa shape index (κ1) is 17.6. The number of hydrogen-bond acceptors (Lipinski definition) is 6. The summed E-state index contributed by atoms with van der Waals surface area (Å²) in [6.07, 6.45) is 0. The molecule has 0 unspecified atom stereocenters. The average Bonchev–Trinajstić information content (AvgIpc) is 2.62. The number of anilines is 2. The van der Waals surface area contributed by atoms with Crippen LogP contribution >= 0.6 is 0 Å². The minimum Gasteiger partial charge on any atom is -0.379 e. The molecule has 1 fully saturated rings. The molecule has 2 heterocycles. The second-order valence-corrected chi connectivity index (χ2v) is 6.38. The van der Waals surface area contributed by atoms with Crippen molar-refractivity contribution in [2.75, 3.05) is 50.0 Å². The molecule has 1 aromatic carbocycles. The summed E-state index contributed by atoms with van der Waals surface area (Å²) in [5.74, 6) is 1.53. The normalized spacial score (nSPS) is 15.1. The van der Waals surface area contributed by atoms with E-state index in [-0.39, 0.29) is 0 Å². The summed E-state index contributed by atoms with van der Waals surface area (Å²) < 4.78 is 5.38. The fourth-order valence-electron chi connectivity index (χ4n) is 2.89. The summed E-state index contributed by atoms with van der Waals surface area (Å²) in [6.45, 7) is 10.4. The van der Waals surface area contributed by atoms with Crippen LogP contribution < -0.4 is 10.6 Å². The lowest BCUT2D eigenvalue weighted by atomic mass is 10.1. The van der Waals surface area contributed by atoms with Crippen molar-refractivity contribution in [2.24, 2.45) is 0 Å². The molecule has 0 amide bonds. The molecule has 134 valence electrons. The Balaban J connectivity index is 1.53. The molecule has 0 aliphatic carbocycles. The summed E-state index contributed by atoms with van der Waals surface area (Å²) in [5.41, 5.74) is 3.48. The Labute approximate surface area is 149 Å². The third kappa shape index (κ3) is 5.41. The van der Waals surface area contributed by atoms with Crippen molar-refractivity contribution in [3.05, 3.63) is 47.2 Å². The van der Waals surface area contributed by atoms with Crippen LogP contribution in [0.2, 0.25) is 0 Å². The van der Waals surface area contributed by atoms with Gasteiger partial charge in [0, 0.05) is 44.5 Å². The summed E-state index contributed by atoms with van der Waals surface area (Å²) in [5, 5.41) is 6.74. The van der Waals surface area contributed by atoms with Crippen molar-refractivity contribution in [1.82, 2.24) is 14.9 Å². The zero-order valence-corrected chi connectivity index (χ0v) is 15.1. The maximum atomic E-state index is 5.38. The Bertz CT molecular complexity index is 685. The number of ether oxygens (including phenoxy) is 1. The Morgan fingerprint density at radius 3 is 2.68 bits per heavy atom. The topological polar surface area (TPSA) is 62.3 Å². The number of rotatable bonds is 7. The average molecular weight is 341 g/mol. The van der Waals surface area contributed by atoms with Crippen molar-refractivity contribution >= 4 is 11.8 Å². The Morgan fingerprint density at radius 1 is 1.08 bits per heavy atom. The number of hydrogen-bond donors (Lipinski definition) is 2. The molecule has 3 rings (SSSR count). The van der Waals surface area contributed by atoms with Gasteiger partial charge in [-0.1, -0.05) is 24.3 Å². The van der Waals surface area contributed by atoms with Crippen LogP contribution in [0.25, 0.3) is 0 Å². The van der Waals surface area contributed by atoms with E-state index in [1.54, 1.807) is 0 Å². The van der Waals surface area contributed by atoms with Gasteiger partial charge in [-0.3, -0.25) is 4.90 Å². The van der Waals surface area contributed by atoms with E-state index < -0.39 is 0 Å². The molecule has 1 saturated heterocycles. The van der Waals surface area contributed by atoms with E-state index in [0.717, 1.165) is 57.4 Å². The summed E-state index contributed by atoms with van der Waals surface area (Å²) in [6, 6.07) is 10.3. The van der Waals surface area contributed by atoms with Crippen LogP contribution in [0.15, 0.2) is 30.3 Å². The minimum absolute atomic E-state index is 0.664. The third-order valence-electron chi connectivity index (χ3n) is 4.39. The molecule has 1 aromatic heterocycles. The molecule has 2 N–H and O–H groups in total. The van der Waals surface area contributed by atoms with Gasteiger partial charge in [-0.2, -0.15) is 4.98 Å². The zero-order chi connectivity index (χ0) is 17.5. The first-order valence-corrected chi connectivity index (χ1v) is 8.89. The van der Waals surface area contributed by atoms with Crippen molar-refractivity contribution in [3.8, 4) is 0 Å². The Hall–Kier alpha value is -2.18. The van der Waals surface area contributed by atoms with Gasteiger partial charge in [0.1, 0.15) is 5.82 Å². The molecule has 1 aliphatic heterocycles. The first-order chi connectivity index (χ1) is 12.2. The Kier molecular flexibility index (Phi) is 6.19. The van der Waals surface area contributed by atoms with E-state index in [1.807, 2.05) is 13.0 Å². The fourth-order valence-corrected chi connectivity index (χ4v) is 2.89. The van der Waals surface area contributed by atoms with Gasteiger partial charge >= 0.3 is 0 Å². The standard InChI is InChI=1S/C19H27N5O/c1-15-5-3-4-6-17(15)14-21-19-22-16(2)13-18(23-19)20-7-8-24-9-11-25-12-10-24/h3-6,13H,7-12,14H2,1-2H3,(H2,20,21,22,23). The maximum absolute atomic E-state index is 5.38. The summed E-state index contributed by atoms with van der Waals surface area (Å²) in [4.78, 5) is 11.5. The molecule has 25 heavy (non-hydrogen) atoms. The molecule has 0 radical (unpaired) electrons. The van der Waals surface area contributed by atoms with Crippen LogP contribution in [0.1, 0.15) is 16.8 Å². The van der Waals surface area contributed by atoms with E-state index in [9.17, 15) is 0 Å². The highest BCUT2D eigenvalue weighted by atomic mass is 16.5. The lowest BCUT2D eigenvalue weighted by Gasteiger charge is -2.26. The predicted molar refractivity (Wildman–Crippen MR) is 101 cm³/mol. The van der Waals surface area contributed by atoms with Crippen molar-refractivity contribution in [3.63, 3.8) is 0 Å². The van der Waals surface area contributed by atoms with E-state index in [2.05, 4.69) is 56.7 Å². The van der Waals surface area contributed by atoms with Gasteiger partial charge in [0.05, 0.1) is 13.2 Å². The van der Waals surface area contributed by atoms with Crippen LogP contribution in [-0.4, -0.2) is 54.3 Å². The van der Waals surface area contributed by atoms with Gasteiger partial charge in [-0.25, -0.2) is 4.98 Å². The summed E-state index contributed by atoms with van der Waals surface area (Å²) in [7, 11) is 0. The molecule has 0 atom stereocenters. The lowest BCUT2D eigenvalue weighted by molar-refractivity contribution is 0.0398. The molecule has 0 spiro atoms. The highest BCUT2D eigenvalue weighted by molar-refractivity contribution is 5.42. The number of nitrogens with one attached hydrogen (secondary N) is 2. The number of aryl methyl sites for hydroxylation is 2. The van der Waals surface area contributed by atoms with Crippen LogP contribution in [0, 0.1) is 13.8 Å². The second kappa shape index (κ2) is 8.78. The van der Waals surface area contributed by atoms with Crippen LogP contribution in [0.4, 0.5) is 11.8 Å². The van der Waals surface area contributed by atoms with E-state index in [1.165, 1.54) is 11.1 Å². The van der Waals surface area contributed by atoms with Gasteiger partial charge in [0.2, 0.25) is 5.95 Å². The minimum atomic E-state index is 0.664. The van der Waals surface area contributed by atoms with Gasteiger partial charge in [0.25, 0.3) is 0 Å². The molecule has 2 aromatic rings. The molecular weight excluding hydrogens is 314 g/mol.